The number of carbonyl (C=O) groups is 1. The Kier molecular flexibility index (Phi) is 13.5. The lowest BCUT2D eigenvalue weighted by Gasteiger charge is -2.29. The van der Waals surface area contributed by atoms with Crippen molar-refractivity contribution in [2.75, 3.05) is 20.6 Å². The Morgan fingerprint density at radius 3 is 2.17 bits per heavy atom. The molecule has 2 rings (SSSR count). The predicted molar refractivity (Wildman–Crippen MR) is 145 cm³/mol. The van der Waals surface area contributed by atoms with E-state index in [0.29, 0.717) is 12.8 Å². The van der Waals surface area contributed by atoms with Crippen molar-refractivity contribution >= 4 is 5.97 Å². The van der Waals surface area contributed by atoms with Crippen molar-refractivity contribution in [2.24, 2.45) is 0 Å². The van der Waals surface area contributed by atoms with E-state index in [1.54, 1.807) is 0 Å². The minimum atomic E-state index is -0.550. The molecule has 0 aliphatic heterocycles. The maximum atomic E-state index is 12.5. The van der Waals surface area contributed by atoms with Crippen LogP contribution >= 0.6 is 0 Å². The molecule has 0 amide bonds. The maximum absolute atomic E-state index is 12.5. The lowest BCUT2D eigenvalue weighted by Crippen LogP contribution is -2.41. The number of esters is 1. The molecule has 0 bridgehead atoms. The van der Waals surface area contributed by atoms with Gasteiger partial charge in [0, 0.05) is 12.0 Å². The number of carbonyl (C=O) groups excluding carboxylic acids is 1. The molecule has 1 atom stereocenters. The van der Waals surface area contributed by atoms with Crippen molar-refractivity contribution in [1.82, 2.24) is 0 Å². The predicted octanol–water partition coefficient (Wildman–Crippen LogP) is 7.69. The Balaban J connectivity index is 1.72. The first-order chi connectivity index (χ1) is 16.9. The normalized spacial score (nSPS) is 12.3. The van der Waals surface area contributed by atoms with E-state index in [-0.39, 0.29) is 5.97 Å². The summed E-state index contributed by atoms with van der Waals surface area (Å²) in [6.45, 7) is 5.85. The van der Waals surface area contributed by atoms with Crippen molar-refractivity contribution < 1.29 is 18.8 Å². The van der Waals surface area contributed by atoms with Gasteiger partial charge in [-0.1, -0.05) is 101 Å². The molecule has 0 saturated carbocycles. The van der Waals surface area contributed by atoms with E-state index in [2.05, 4.69) is 57.4 Å². The molecule has 0 fully saturated rings. The van der Waals surface area contributed by atoms with Crippen molar-refractivity contribution in [3.8, 4) is 5.75 Å². The van der Waals surface area contributed by atoms with Gasteiger partial charge in [-0.05, 0) is 30.5 Å². The molecule has 0 saturated heterocycles. The molecule has 0 radical (unpaired) electrons. The van der Waals surface area contributed by atoms with Gasteiger partial charge in [0.25, 0.3) is 0 Å². The van der Waals surface area contributed by atoms with Crippen LogP contribution in [-0.4, -0.2) is 37.4 Å². The number of rotatable bonds is 18. The Labute approximate surface area is 214 Å². The lowest BCUT2D eigenvalue weighted by atomic mass is 10.0. The van der Waals surface area contributed by atoms with Crippen molar-refractivity contribution in [3.63, 3.8) is 0 Å². The van der Waals surface area contributed by atoms with Gasteiger partial charge >= 0.3 is 5.97 Å². The molecule has 0 spiro atoms. The zero-order valence-electron chi connectivity index (χ0n) is 22.6. The van der Waals surface area contributed by atoms with E-state index in [1.165, 1.54) is 62.5 Å². The van der Waals surface area contributed by atoms with E-state index < -0.39 is 6.29 Å². The fourth-order valence-corrected chi connectivity index (χ4v) is 4.34. The molecule has 194 valence electrons. The van der Waals surface area contributed by atoms with Gasteiger partial charge in [0.1, 0.15) is 12.3 Å². The summed E-state index contributed by atoms with van der Waals surface area (Å²) in [5.41, 5.74) is 2.56. The fraction of sp³-hybridized carbons (Fsp3) is 0.581. The van der Waals surface area contributed by atoms with Crippen LogP contribution in [0.1, 0.15) is 89.2 Å². The summed E-state index contributed by atoms with van der Waals surface area (Å²) in [6.07, 6.45) is 12.1. The quantitative estimate of drug-likeness (QED) is 0.0945. The van der Waals surface area contributed by atoms with Gasteiger partial charge in [-0.3, -0.25) is 4.79 Å². The van der Waals surface area contributed by atoms with Crippen LogP contribution < -0.4 is 4.74 Å². The molecule has 2 aromatic carbocycles. The van der Waals surface area contributed by atoms with E-state index in [9.17, 15) is 4.79 Å². The molecule has 0 aliphatic carbocycles. The highest BCUT2D eigenvalue weighted by Crippen LogP contribution is 2.19. The Morgan fingerprint density at radius 2 is 1.49 bits per heavy atom. The average Bonchev–Trinajstić information content (AvgIpc) is 2.85. The summed E-state index contributed by atoms with van der Waals surface area (Å²) in [5.74, 6) is 0.577. The van der Waals surface area contributed by atoms with Crippen LogP contribution in [0.3, 0.4) is 0 Å². The van der Waals surface area contributed by atoms with Crippen LogP contribution in [0.2, 0.25) is 0 Å². The van der Waals surface area contributed by atoms with Crippen molar-refractivity contribution in [1.29, 1.82) is 0 Å². The molecular formula is C31H48NO3+. The largest absolute Gasteiger partial charge is 0.455 e. The third-order valence-corrected chi connectivity index (χ3v) is 6.46. The maximum Gasteiger partial charge on any atom is 0.314 e. The van der Waals surface area contributed by atoms with Gasteiger partial charge in [0.15, 0.2) is 0 Å². The number of nitrogens with zero attached hydrogens (tertiary/aromatic N) is 1. The lowest BCUT2D eigenvalue weighted by molar-refractivity contribution is -0.903. The minimum absolute atomic E-state index is 0.203. The molecular weight excluding hydrogens is 434 g/mol. The first-order valence-electron chi connectivity index (χ1n) is 13.7. The van der Waals surface area contributed by atoms with Gasteiger partial charge in [0.2, 0.25) is 6.29 Å². The molecule has 2 aromatic rings. The fourth-order valence-electron chi connectivity index (χ4n) is 4.34. The van der Waals surface area contributed by atoms with Crippen LogP contribution in [0.25, 0.3) is 0 Å². The number of hydrogen-bond acceptors (Lipinski definition) is 3. The summed E-state index contributed by atoms with van der Waals surface area (Å²) in [4.78, 5) is 12.5. The monoisotopic (exact) mass is 482 g/mol. The third kappa shape index (κ3) is 12.8. The number of hydrogen-bond donors (Lipinski definition) is 0. The summed E-state index contributed by atoms with van der Waals surface area (Å²) in [6, 6.07) is 18.6. The second-order valence-electron chi connectivity index (χ2n) is 10.4. The number of aryl methyl sites for hydroxylation is 1. The van der Waals surface area contributed by atoms with Crippen LogP contribution in [0.5, 0.6) is 5.75 Å². The molecule has 1 unspecified atom stereocenters. The highest BCUT2D eigenvalue weighted by atomic mass is 16.7. The molecule has 4 heteroatoms. The topological polar surface area (TPSA) is 35.5 Å². The summed E-state index contributed by atoms with van der Waals surface area (Å²) in [7, 11) is 4.29. The van der Waals surface area contributed by atoms with E-state index in [0.717, 1.165) is 29.7 Å². The number of benzene rings is 2. The average molecular weight is 483 g/mol. The number of unbranched alkanes of at least 4 members (excludes halogenated alkanes) is 7. The second-order valence-corrected chi connectivity index (χ2v) is 10.4. The summed E-state index contributed by atoms with van der Waals surface area (Å²) < 4.78 is 12.4. The Morgan fingerprint density at radius 1 is 0.829 bits per heavy atom. The first-order valence-corrected chi connectivity index (χ1v) is 13.7. The summed E-state index contributed by atoms with van der Waals surface area (Å²) in [5, 5.41) is 0. The van der Waals surface area contributed by atoms with Gasteiger partial charge in [-0.15, -0.1) is 0 Å². The summed E-state index contributed by atoms with van der Waals surface area (Å²) >= 11 is 0. The molecule has 35 heavy (non-hydrogen) atoms. The molecule has 0 aromatic heterocycles. The zero-order valence-corrected chi connectivity index (χ0v) is 22.6. The van der Waals surface area contributed by atoms with Gasteiger partial charge in [-0.2, -0.15) is 0 Å². The zero-order chi connectivity index (χ0) is 25.4. The SMILES string of the molecule is CCCCCCCCCCc1cccc(OC(CC)OC(=O)CC[N+](C)(C)Cc2ccccc2)c1. The minimum Gasteiger partial charge on any atom is -0.455 e. The molecule has 0 heterocycles. The number of ether oxygens (including phenoxy) is 2. The van der Waals surface area contributed by atoms with E-state index in [1.807, 2.05) is 25.1 Å². The Bertz CT molecular complexity index is 834. The second kappa shape index (κ2) is 16.4. The van der Waals surface area contributed by atoms with Crippen LogP contribution in [-0.2, 0) is 22.5 Å². The standard InChI is InChI=1S/C31H48NO3/c1-5-7-8-9-10-11-12-14-18-27-21-17-22-29(25-27)34-31(6-2)35-30(33)23-24-32(3,4)26-28-19-15-13-16-20-28/h13,15-17,19-22,25,31H,5-12,14,18,23-24,26H2,1-4H3/q+1. The van der Waals surface area contributed by atoms with E-state index >= 15 is 0 Å². The molecule has 0 N–H and O–H groups in total. The molecule has 0 aliphatic rings. The highest BCUT2D eigenvalue weighted by Gasteiger charge is 2.21. The molecule has 4 nitrogen and oxygen atoms in total. The van der Waals surface area contributed by atoms with Gasteiger partial charge in [-0.25, -0.2) is 0 Å². The van der Waals surface area contributed by atoms with Crippen LogP contribution in [0.15, 0.2) is 54.6 Å². The van der Waals surface area contributed by atoms with Crippen LogP contribution in [0.4, 0.5) is 0 Å². The van der Waals surface area contributed by atoms with Crippen LogP contribution in [0, 0.1) is 0 Å². The number of quaternary nitrogens is 1. The van der Waals surface area contributed by atoms with E-state index in [4.69, 9.17) is 9.47 Å². The van der Waals surface area contributed by atoms with Gasteiger partial charge < -0.3 is 14.0 Å². The Hall–Kier alpha value is -2.33. The third-order valence-electron chi connectivity index (χ3n) is 6.46. The first kappa shape index (κ1) is 28.9. The highest BCUT2D eigenvalue weighted by molar-refractivity contribution is 5.69. The van der Waals surface area contributed by atoms with Crippen molar-refractivity contribution in [3.05, 3.63) is 65.7 Å². The van der Waals surface area contributed by atoms with Crippen molar-refractivity contribution in [2.45, 2.75) is 97.3 Å². The smallest absolute Gasteiger partial charge is 0.314 e. The van der Waals surface area contributed by atoms with Gasteiger partial charge in [0.05, 0.1) is 27.1 Å².